The second-order valence-corrected chi connectivity index (χ2v) is 9.34. The molecule has 1 N–H and O–H groups in total. The highest BCUT2D eigenvalue weighted by molar-refractivity contribution is 6.33. The van der Waals surface area contributed by atoms with Crippen LogP contribution in [0.3, 0.4) is 0 Å². The third kappa shape index (κ3) is 3.98. The van der Waals surface area contributed by atoms with Gasteiger partial charge in [0.15, 0.2) is 5.69 Å². The van der Waals surface area contributed by atoms with Gasteiger partial charge in [0.1, 0.15) is 17.8 Å². The van der Waals surface area contributed by atoms with E-state index < -0.39 is 0 Å². The number of hydrogen-bond donors (Lipinski definition) is 1. The summed E-state index contributed by atoms with van der Waals surface area (Å²) in [6, 6.07) is 7.79. The predicted octanol–water partition coefficient (Wildman–Crippen LogP) is 6.09. The van der Waals surface area contributed by atoms with Gasteiger partial charge in [-0.2, -0.15) is 0 Å². The van der Waals surface area contributed by atoms with E-state index in [0.717, 1.165) is 36.7 Å². The number of halogens is 1. The molecule has 2 fully saturated rings. The smallest absolute Gasteiger partial charge is 0.410 e. The van der Waals surface area contributed by atoms with Crippen LogP contribution in [0.25, 0.3) is 15.9 Å². The second-order valence-electron chi connectivity index (χ2n) is 8.93. The number of carbonyl (C=O) groups excluding carboxylic acids is 1. The van der Waals surface area contributed by atoms with Crippen molar-refractivity contribution >= 4 is 45.9 Å². The fourth-order valence-corrected chi connectivity index (χ4v) is 5.33. The van der Waals surface area contributed by atoms with Crippen LogP contribution in [0, 0.1) is 6.57 Å². The third-order valence-corrected chi connectivity index (χ3v) is 6.81. The molecule has 0 saturated carbocycles. The number of nitrogens with one attached hydrogen (secondary N) is 1. The first-order chi connectivity index (χ1) is 15.9. The Bertz CT molecular complexity index is 1240. The number of anilines is 2. The summed E-state index contributed by atoms with van der Waals surface area (Å²) in [7, 11) is 0. The van der Waals surface area contributed by atoms with E-state index in [1.165, 1.54) is 0 Å². The number of benzene rings is 1. The molecule has 0 aliphatic carbocycles. The molecule has 1 aromatic carbocycles. The average Bonchev–Trinajstić information content (AvgIpc) is 3.34. The number of fused-ring (bicyclic) bond motifs is 3. The monoisotopic (exact) mass is 464 g/mol. The first-order valence-corrected chi connectivity index (χ1v) is 11.6. The lowest BCUT2D eigenvalue weighted by Crippen LogP contribution is -2.47. The van der Waals surface area contributed by atoms with E-state index >= 15 is 0 Å². The number of carbonyl (C=O) groups is 1. The fraction of sp³-hybridized carbons (Fsp3) is 0.417. The molecule has 2 aromatic heterocycles. The Labute approximate surface area is 197 Å². The molecule has 170 valence electrons. The highest BCUT2D eigenvalue weighted by Crippen LogP contribution is 2.42. The second kappa shape index (κ2) is 8.56. The van der Waals surface area contributed by atoms with E-state index in [1.54, 1.807) is 24.5 Å². The van der Waals surface area contributed by atoms with Gasteiger partial charge in [0.05, 0.1) is 28.8 Å². The van der Waals surface area contributed by atoms with Crippen LogP contribution >= 0.6 is 11.6 Å². The molecule has 2 bridgehead atoms. The van der Waals surface area contributed by atoms with Crippen molar-refractivity contribution < 1.29 is 9.53 Å². The molecule has 2 aliphatic rings. The molecule has 3 aromatic rings. The average molecular weight is 465 g/mol. The molecule has 2 unspecified atom stereocenters. The molecule has 2 atom stereocenters. The van der Waals surface area contributed by atoms with Crippen molar-refractivity contribution in [3.05, 3.63) is 53.2 Å². The van der Waals surface area contributed by atoms with E-state index in [2.05, 4.69) is 30.9 Å². The van der Waals surface area contributed by atoms with E-state index in [9.17, 15) is 4.79 Å². The first kappa shape index (κ1) is 21.5. The van der Waals surface area contributed by atoms with Crippen LogP contribution in [0.5, 0.6) is 0 Å². The summed E-state index contributed by atoms with van der Waals surface area (Å²) in [5.74, 6) is 0.664. The summed E-state index contributed by atoms with van der Waals surface area (Å²) in [5.41, 5.74) is 2.03. The molecule has 9 heteroatoms. The van der Waals surface area contributed by atoms with Crippen molar-refractivity contribution in [2.24, 2.45) is 0 Å². The topological polar surface area (TPSA) is 76.6 Å². The molecule has 33 heavy (non-hydrogen) atoms. The van der Waals surface area contributed by atoms with Crippen LogP contribution < -0.4 is 5.32 Å². The minimum absolute atomic E-state index is 0.114. The molecular weight excluding hydrogens is 440 g/mol. The van der Waals surface area contributed by atoms with Crippen LogP contribution in [0.2, 0.25) is 5.02 Å². The van der Waals surface area contributed by atoms with Crippen LogP contribution in [0.4, 0.5) is 22.0 Å². The highest BCUT2D eigenvalue weighted by Gasteiger charge is 2.45. The summed E-state index contributed by atoms with van der Waals surface area (Å²) < 4.78 is 7.70. The lowest BCUT2D eigenvalue weighted by Gasteiger charge is -2.39. The van der Waals surface area contributed by atoms with E-state index in [4.69, 9.17) is 22.9 Å². The van der Waals surface area contributed by atoms with Gasteiger partial charge in [0, 0.05) is 24.3 Å². The van der Waals surface area contributed by atoms with Crippen LogP contribution in [0.1, 0.15) is 45.6 Å². The number of rotatable bonds is 4. The maximum absolute atomic E-state index is 12.6. The molecule has 2 saturated heterocycles. The van der Waals surface area contributed by atoms with E-state index in [1.807, 2.05) is 24.8 Å². The summed E-state index contributed by atoms with van der Waals surface area (Å²) in [6.07, 6.45) is 7.07. The number of aromatic nitrogens is 3. The van der Waals surface area contributed by atoms with Crippen molar-refractivity contribution in [2.75, 3.05) is 5.32 Å². The lowest BCUT2D eigenvalue weighted by atomic mass is 9.97. The van der Waals surface area contributed by atoms with E-state index in [0.29, 0.717) is 22.2 Å². The van der Waals surface area contributed by atoms with Gasteiger partial charge in [-0.25, -0.2) is 19.6 Å². The van der Waals surface area contributed by atoms with Gasteiger partial charge in [0.25, 0.3) is 0 Å². The van der Waals surface area contributed by atoms with Gasteiger partial charge in [-0.1, -0.05) is 17.7 Å². The molecule has 4 heterocycles. The van der Waals surface area contributed by atoms with Crippen LogP contribution in [-0.4, -0.2) is 43.7 Å². The Morgan fingerprint density at radius 3 is 2.64 bits per heavy atom. The Kier molecular flexibility index (Phi) is 5.59. The fourth-order valence-electron chi connectivity index (χ4n) is 5.10. The van der Waals surface area contributed by atoms with Gasteiger partial charge in [-0.15, -0.1) is 0 Å². The Morgan fingerprint density at radius 2 is 1.97 bits per heavy atom. The predicted molar refractivity (Wildman–Crippen MR) is 127 cm³/mol. The molecule has 1 amide bonds. The molecular formula is C24H25ClN6O2. The normalized spacial score (nSPS) is 21.9. The van der Waals surface area contributed by atoms with E-state index in [-0.39, 0.29) is 30.3 Å². The minimum atomic E-state index is -0.191. The molecule has 5 rings (SSSR count). The van der Waals surface area contributed by atoms with Gasteiger partial charge in [-0.05, 0) is 57.7 Å². The number of piperidine rings is 1. The highest BCUT2D eigenvalue weighted by atomic mass is 35.5. The summed E-state index contributed by atoms with van der Waals surface area (Å²) in [5, 5.41) is 4.65. The van der Waals surface area contributed by atoms with Gasteiger partial charge < -0.3 is 19.5 Å². The maximum atomic E-state index is 12.6. The number of ether oxygens (including phenoxy) is 1. The van der Waals surface area contributed by atoms with Crippen molar-refractivity contribution in [3.8, 4) is 0 Å². The largest absolute Gasteiger partial charge is 0.447 e. The van der Waals surface area contributed by atoms with Crippen molar-refractivity contribution in [2.45, 2.75) is 63.8 Å². The van der Waals surface area contributed by atoms with Gasteiger partial charge in [0.2, 0.25) is 0 Å². The summed E-state index contributed by atoms with van der Waals surface area (Å²) in [6.45, 7) is 10.9. The number of amides is 1. The zero-order valence-electron chi connectivity index (χ0n) is 18.5. The Balaban J connectivity index is 1.39. The zero-order chi connectivity index (χ0) is 23.1. The van der Waals surface area contributed by atoms with Gasteiger partial charge >= 0.3 is 6.09 Å². The number of nitrogens with zero attached hydrogens (tertiary/aromatic N) is 5. The maximum Gasteiger partial charge on any atom is 0.410 e. The van der Waals surface area contributed by atoms with Crippen molar-refractivity contribution in [1.29, 1.82) is 0 Å². The van der Waals surface area contributed by atoms with Crippen LogP contribution in [0.15, 0.2) is 36.8 Å². The first-order valence-electron chi connectivity index (χ1n) is 11.2. The molecule has 8 nitrogen and oxygen atoms in total. The molecule has 0 spiro atoms. The quantitative estimate of drug-likeness (QED) is 0.472. The summed E-state index contributed by atoms with van der Waals surface area (Å²) >= 11 is 6.35. The minimum Gasteiger partial charge on any atom is -0.447 e. The lowest BCUT2D eigenvalue weighted by molar-refractivity contribution is 0.0418. The van der Waals surface area contributed by atoms with Crippen LogP contribution in [-0.2, 0) is 4.74 Å². The zero-order valence-corrected chi connectivity index (χ0v) is 19.3. The van der Waals surface area contributed by atoms with Crippen molar-refractivity contribution in [1.82, 2.24) is 19.4 Å². The van der Waals surface area contributed by atoms with Crippen molar-refractivity contribution in [3.63, 3.8) is 0 Å². The molecule has 2 aliphatic heterocycles. The Morgan fingerprint density at radius 1 is 1.21 bits per heavy atom. The van der Waals surface area contributed by atoms with Gasteiger partial charge in [-0.3, -0.25) is 0 Å². The third-order valence-electron chi connectivity index (χ3n) is 6.49. The SMILES string of the molecule is [C-]#[N+]c1ccc(Nc2ncnc3c2ccn3C2CC3CCC(C2)N3C(=O)OC(C)C)c(Cl)c1. The standard InChI is InChI=1S/C24H25ClN6O2/c1-14(2)33-24(32)31-16-5-6-17(31)12-18(11-16)30-9-8-19-22(27-13-28-23(19)30)29-21-7-4-15(26-3)10-20(21)25/h4,7-10,13-14,16-18H,5-6,11-12H2,1-2H3,(H,27,28,29). The summed E-state index contributed by atoms with van der Waals surface area (Å²) in [4.78, 5) is 27.0. The number of hydrogen-bond acceptors (Lipinski definition) is 5. The molecule has 0 radical (unpaired) electrons. The Hall–Kier alpha value is -3.31.